The van der Waals surface area contributed by atoms with E-state index >= 15 is 0 Å². The molecule has 17 heavy (non-hydrogen) atoms. The molecule has 2 aliphatic rings. The lowest BCUT2D eigenvalue weighted by atomic mass is 9.94. The maximum atomic E-state index is 10.3. The normalized spacial score (nSPS) is 20.8. The van der Waals surface area contributed by atoms with Crippen molar-refractivity contribution in [1.82, 2.24) is 0 Å². The number of hydrogen-bond donors (Lipinski definition) is 1. The van der Waals surface area contributed by atoms with Crippen molar-refractivity contribution in [3.05, 3.63) is 22.7 Å². The number of benzene rings is 1. The highest BCUT2D eigenvalue weighted by Crippen LogP contribution is 2.43. The lowest BCUT2D eigenvalue weighted by Gasteiger charge is -2.18. The Labute approximate surface area is 105 Å². The molecule has 1 fully saturated rings. The Bertz CT molecular complexity index is 427. The van der Waals surface area contributed by atoms with E-state index < -0.39 is 6.10 Å². The number of hydrogen-bond acceptors (Lipinski definition) is 3. The molecule has 1 aromatic rings. The lowest BCUT2D eigenvalue weighted by molar-refractivity contribution is 0.111. The summed E-state index contributed by atoms with van der Waals surface area (Å²) < 4.78 is 10.6. The van der Waals surface area contributed by atoms with Crippen LogP contribution in [0, 0.1) is 5.92 Å². The summed E-state index contributed by atoms with van der Waals surface area (Å²) in [6.07, 6.45) is 4.16. The molecule has 1 aliphatic carbocycles. The summed E-state index contributed by atoms with van der Waals surface area (Å²) in [5, 5.41) is 10.8. The first-order valence-electron chi connectivity index (χ1n) is 6.03. The van der Waals surface area contributed by atoms with Crippen molar-refractivity contribution in [3.63, 3.8) is 0 Å². The quantitative estimate of drug-likeness (QED) is 0.880. The van der Waals surface area contributed by atoms with Gasteiger partial charge < -0.3 is 14.6 Å². The Morgan fingerprint density at radius 2 is 2.00 bits per heavy atom. The number of ether oxygens (including phenoxy) is 2. The minimum absolute atomic E-state index is 0.206. The minimum atomic E-state index is -0.440. The molecule has 1 aliphatic heterocycles. The number of fused-ring (bicyclic) bond motifs is 1. The van der Waals surface area contributed by atoms with Crippen molar-refractivity contribution in [2.45, 2.75) is 31.8 Å². The van der Waals surface area contributed by atoms with E-state index in [4.69, 9.17) is 21.1 Å². The van der Waals surface area contributed by atoms with Gasteiger partial charge in [-0.3, -0.25) is 0 Å². The molecule has 1 aromatic carbocycles. The molecule has 3 nitrogen and oxygen atoms in total. The Kier molecular flexibility index (Phi) is 2.89. The Hall–Kier alpha value is -0.930. The van der Waals surface area contributed by atoms with Crippen LogP contribution in [-0.4, -0.2) is 11.9 Å². The lowest BCUT2D eigenvalue weighted by Crippen LogP contribution is -2.08. The first-order chi connectivity index (χ1) is 8.25. The van der Waals surface area contributed by atoms with Crippen LogP contribution in [0.2, 0.25) is 5.02 Å². The summed E-state index contributed by atoms with van der Waals surface area (Å²) >= 11 is 6.11. The van der Waals surface area contributed by atoms with Crippen molar-refractivity contribution >= 4 is 11.6 Å². The third-order valence-corrected chi connectivity index (χ3v) is 3.92. The number of aliphatic hydroxyl groups excluding tert-OH is 1. The largest absolute Gasteiger partial charge is 0.454 e. The van der Waals surface area contributed by atoms with Crippen LogP contribution in [-0.2, 0) is 0 Å². The molecule has 1 unspecified atom stereocenters. The molecular formula is C13H15ClO3. The molecule has 1 N–H and O–H groups in total. The van der Waals surface area contributed by atoms with Crippen molar-refractivity contribution in [2.75, 3.05) is 6.79 Å². The molecule has 92 valence electrons. The van der Waals surface area contributed by atoms with Gasteiger partial charge in [0, 0.05) is 0 Å². The zero-order valence-electron chi connectivity index (χ0n) is 9.49. The fraction of sp³-hybridized carbons (Fsp3) is 0.538. The Morgan fingerprint density at radius 1 is 1.24 bits per heavy atom. The van der Waals surface area contributed by atoms with Crippen LogP contribution < -0.4 is 9.47 Å². The van der Waals surface area contributed by atoms with E-state index in [2.05, 4.69) is 0 Å². The molecule has 0 aromatic heterocycles. The van der Waals surface area contributed by atoms with Gasteiger partial charge in [-0.25, -0.2) is 0 Å². The molecule has 0 saturated heterocycles. The van der Waals surface area contributed by atoms with Gasteiger partial charge in [-0.05, 0) is 36.5 Å². The van der Waals surface area contributed by atoms with E-state index in [0.29, 0.717) is 22.4 Å². The highest BCUT2D eigenvalue weighted by molar-refractivity contribution is 6.32. The monoisotopic (exact) mass is 254 g/mol. The molecular weight excluding hydrogens is 240 g/mol. The van der Waals surface area contributed by atoms with Crippen LogP contribution in [0.4, 0.5) is 0 Å². The zero-order chi connectivity index (χ0) is 11.8. The van der Waals surface area contributed by atoms with E-state index in [9.17, 15) is 5.11 Å². The van der Waals surface area contributed by atoms with E-state index in [0.717, 1.165) is 18.4 Å². The third-order valence-electron chi connectivity index (χ3n) is 3.64. The minimum Gasteiger partial charge on any atom is -0.454 e. The van der Waals surface area contributed by atoms with Crippen LogP contribution in [0.5, 0.6) is 11.5 Å². The van der Waals surface area contributed by atoms with E-state index in [1.54, 1.807) is 6.07 Å². The second-order valence-corrected chi connectivity index (χ2v) is 5.13. The third kappa shape index (κ3) is 1.98. The molecule has 0 spiro atoms. The van der Waals surface area contributed by atoms with Gasteiger partial charge in [0.2, 0.25) is 6.79 Å². The smallest absolute Gasteiger partial charge is 0.231 e. The SMILES string of the molecule is OC(c1cc(Cl)c2c(c1)OCO2)C1CCCC1. The molecule has 0 amide bonds. The predicted molar refractivity (Wildman–Crippen MR) is 64.5 cm³/mol. The van der Waals surface area contributed by atoms with Crippen molar-refractivity contribution in [1.29, 1.82) is 0 Å². The standard InChI is InChI=1S/C13H15ClO3/c14-10-5-9(6-11-13(10)17-7-16-11)12(15)8-3-1-2-4-8/h5-6,8,12,15H,1-4,7H2. The highest BCUT2D eigenvalue weighted by Gasteiger charge is 2.27. The molecule has 0 radical (unpaired) electrons. The van der Waals surface area contributed by atoms with E-state index in [1.165, 1.54) is 12.8 Å². The fourth-order valence-electron chi connectivity index (χ4n) is 2.70. The van der Waals surface area contributed by atoms with E-state index in [-0.39, 0.29) is 6.79 Å². The molecule has 1 saturated carbocycles. The Balaban J connectivity index is 1.90. The first kappa shape index (κ1) is 11.2. The zero-order valence-corrected chi connectivity index (χ0v) is 10.2. The second-order valence-electron chi connectivity index (χ2n) is 4.73. The maximum absolute atomic E-state index is 10.3. The molecule has 1 heterocycles. The molecule has 3 rings (SSSR count). The van der Waals surface area contributed by atoms with Crippen molar-refractivity contribution < 1.29 is 14.6 Å². The number of rotatable bonds is 2. The average Bonchev–Trinajstić information content (AvgIpc) is 2.98. The Morgan fingerprint density at radius 3 is 2.76 bits per heavy atom. The maximum Gasteiger partial charge on any atom is 0.231 e. The van der Waals surface area contributed by atoms with Crippen LogP contribution in [0.3, 0.4) is 0 Å². The first-order valence-corrected chi connectivity index (χ1v) is 6.40. The predicted octanol–water partition coefficient (Wildman–Crippen LogP) is 3.29. The summed E-state index contributed by atoms with van der Waals surface area (Å²) in [5.74, 6) is 1.59. The molecule has 0 bridgehead atoms. The van der Waals surface area contributed by atoms with Crippen LogP contribution in [0.25, 0.3) is 0 Å². The summed E-state index contributed by atoms with van der Waals surface area (Å²) in [6.45, 7) is 0.206. The van der Waals surface area contributed by atoms with Crippen LogP contribution in [0.1, 0.15) is 37.4 Å². The fourth-order valence-corrected chi connectivity index (χ4v) is 2.98. The van der Waals surface area contributed by atoms with Gasteiger partial charge in [0.05, 0.1) is 11.1 Å². The molecule has 4 heteroatoms. The summed E-state index contributed by atoms with van der Waals surface area (Å²) in [4.78, 5) is 0. The van der Waals surface area contributed by atoms with E-state index in [1.807, 2.05) is 6.07 Å². The topological polar surface area (TPSA) is 38.7 Å². The number of aliphatic hydroxyl groups is 1. The highest BCUT2D eigenvalue weighted by atomic mass is 35.5. The average molecular weight is 255 g/mol. The van der Waals surface area contributed by atoms with Gasteiger partial charge >= 0.3 is 0 Å². The summed E-state index contributed by atoms with van der Waals surface area (Å²) in [6, 6.07) is 3.63. The number of halogens is 1. The van der Waals surface area contributed by atoms with Crippen LogP contribution in [0.15, 0.2) is 12.1 Å². The van der Waals surface area contributed by atoms with Gasteiger partial charge in [-0.2, -0.15) is 0 Å². The molecule has 1 atom stereocenters. The van der Waals surface area contributed by atoms with Crippen LogP contribution >= 0.6 is 11.6 Å². The van der Waals surface area contributed by atoms with Gasteiger partial charge in [0.1, 0.15) is 0 Å². The van der Waals surface area contributed by atoms with Crippen molar-refractivity contribution in [3.8, 4) is 11.5 Å². The van der Waals surface area contributed by atoms with Crippen molar-refractivity contribution in [2.24, 2.45) is 5.92 Å². The van der Waals surface area contributed by atoms with Gasteiger partial charge in [-0.1, -0.05) is 24.4 Å². The van der Waals surface area contributed by atoms with Gasteiger partial charge in [-0.15, -0.1) is 0 Å². The summed E-state index contributed by atoms with van der Waals surface area (Å²) in [7, 11) is 0. The summed E-state index contributed by atoms with van der Waals surface area (Å²) in [5.41, 5.74) is 0.839. The van der Waals surface area contributed by atoms with Gasteiger partial charge in [0.25, 0.3) is 0 Å². The van der Waals surface area contributed by atoms with Gasteiger partial charge in [0.15, 0.2) is 11.5 Å². The second kappa shape index (κ2) is 4.39.